The number of morpholine rings is 1. The van der Waals surface area contributed by atoms with Crippen LogP contribution in [0.15, 0.2) is 53.6 Å². The molecule has 2 aliphatic rings. The smallest absolute Gasteiger partial charge is 0.269 e. The monoisotopic (exact) mass is 509 g/mol. The maximum absolute atomic E-state index is 13.5. The molecule has 2 aliphatic heterocycles. The van der Waals surface area contributed by atoms with Gasteiger partial charge in [-0.3, -0.25) is 24.6 Å². The van der Waals surface area contributed by atoms with Crippen molar-refractivity contribution in [3.63, 3.8) is 0 Å². The standard InChI is InChI=1S/C26H31N5O6/c1-19(32)29(12-11-28-13-15-37-16-14-28)18-26(33)30-25(21-5-9-23(36-2)10-6-21)17-24(27-30)20-3-7-22(8-4-20)31(34)35/h3-10,25H,11-18H2,1-2H3/t25-/m1/s1. The lowest BCUT2D eigenvalue weighted by Gasteiger charge is -2.30. The SMILES string of the molecule is COc1ccc([C@H]2CC(c3ccc([N+](=O)[O-])cc3)=NN2C(=O)CN(CCN2CCOCC2)C(C)=O)cc1. The van der Waals surface area contributed by atoms with Gasteiger partial charge in [-0.25, -0.2) is 5.01 Å². The molecule has 0 radical (unpaired) electrons. The zero-order chi connectivity index (χ0) is 26.4. The Morgan fingerprint density at radius 3 is 2.41 bits per heavy atom. The summed E-state index contributed by atoms with van der Waals surface area (Å²) in [5, 5.41) is 17.1. The minimum absolute atomic E-state index is 0.0145. The second-order valence-corrected chi connectivity index (χ2v) is 8.98. The van der Waals surface area contributed by atoms with Gasteiger partial charge >= 0.3 is 0 Å². The molecule has 11 nitrogen and oxygen atoms in total. The van der Waals surface area contributed by atoms with Gasteiger partial charge in [-0.15, -0.1) is 0 Å². The minimum atomic E-state index is -0.455. The molecule has 1 atom stereocenters. The molecule has 0 unspecified atom stereocenters. The molecular formula is C26H31N5O6. The number of benzene rings is 2. The number of nitrogens with zero attached hydrogens (tertiary/aromatic N) is 5. The van der Waals surface area contributed by atoms with E-state index in [0.717, 1.165) is 18.7 Å². The summed E-state index contributed by atoms with van der Waals surface area (Å²) in [7, 11) is 1.59. The van der Waals surface area contributed by atoms with Gasteiger partial charge in [0.25, 0.3) is 11.6 Å². The fourth-order valence-electron chi connectivity index (χ4n) is 4.45. The van der Waals surface area contributed by atoms with Crippen molar-refractivity contribution >= 4 is 23.2 Å². The highest BCUT2D eigenvalue weighted by Crippen LogP contribution is 2.34. The third kappa shape index (κ3) is 6.49. The molecule has 2 aromatic rings. The lowest BCUT2D eigenvalue weighted by atomic mass is 9.98. The number of amides is 2. The number of nitro benzene ring substituents is 1. The van der Waals surface area contributed by atoms with Gasteiger partial charge in [-0.2, -0.15) is 5.10 Å². The van der Waals surface area contributed by atoms with Crippen LogP contribution >= 0.6 is 0 Å². The first-order chi connectivity index (χ1) is 17.9. The number of methoxy groups -OCH3 is 1. The maximum Gasteiger partial charge on any atom is 0.269 e. The third-order valence-corrected chi connectivity index (χ3v) is 6.64. The zero-order valence-corrected chi connectivity index (χ0v) is 21.0. The van der Waals surface area contributed by atoms with Gasteiger partial charge in [-0.1, -0.05) is 12.1 Å². The van der Waals surface area contributed by atoms with E-state index >= 15 is 0 Å². The van der Waals surface area contributed by atoms with E-state index in [9.17, 15) is 19.7 Å². The molecule has 0 aliphatic carbocycles. The molecule has 2 aromatic carbocycles. The number of rotatable bonds is 9. The van der Waals surface area contributed by atoms with E-state index in [1.165, 1.54) is 24.1 Å². The van der Waals surface area contributed by atoms with Crippen LogP contribution in [0.1, 0.15) is 30.5 Å². The van der Waals surface area contributed by atoms with Crippen LogP contribution in [-0.2, 0) is 14.3 Å². The Hall–Kier alpha value is -3.83. The molecule has 0 saturated carbocycles. The summed E-state index contributed by atoms with van der Waals surface area (Å²) < 4.78 is 10.6. The highest BCUT2D eigenvalue weighted by molar-refractivity contribution is 6.03. The van der Waals surface area contributed by atoms with Crippen LogP contribution in [0, 0.1) is 10.1 Å². The number of hydrogen-bond donors (Lipinski definition) is 0. The quantitative estimate of drug-likeness (QED) is 0.376. The van der Waals surface area contributed by atoms with Crippen molar-refractivity contribution in [2.24, 2.45) is 5.10 Å². The molecule has 11 heteroatoms. The fraction of sp³-hybridized carbons (Fsp3) is 0.423. The van der Waals surface area contributed by atoms with Crippen molar-refractivity contribution < 1.29 is 24.0 Å². The van der Waals surface area contributed by atoms with Crippen LogP contribution < -0.4 is 4.74 Å². The van der Waals surface area contributed by atoms with E-state index in [0.29, 0.717) is 49.7 Å². The fourth-order valence-corrected chi connectivity index (χ4v) is 4.45. The van der Waals surface area contributed by atoms with Gasteiger partial charge in [0.15, 0.2) is 0 Å². The number of nitro groups is 1. The van der Waals surface area contributed by atoms with Gasteiger partial charge in [0.1, 0.15) is 12.3 Å². The van der Waals surface area contributed by atoms with Gasteiger partial charge in [0.05, 0.1) is 37.0 Å². The molecule has 37 heavy (non-hydrogen) atoms. The van der Waals surface area contributed by atoms with E-state index in [4.69, 9.17) is 9.47 Å². The number of ether oxygens (including phenoxy) is 2. The highest BCUT2D eigenvalue weighted by atomic mass is 16.6. The normalized spacial score (nSPS) is 17.8. The molecular weight excluding hydrogens is 478 g/mol. The van der Waals surface area contributed by atoms with Crippen molar-refractivity contribution in [2.45, 2.75) is 19.4 Å². The second-order valence-electron chi connectivity index (χ2n) is 8.98. The van der Waals surface area contributed by atoms with Crippen molar-refractivity contribution in [1.29, 1.82) is 0 Å². The summed E-state index contributed by atoms with van der Waals surface area (Å²) in [5.74, 6) is 0.221. The minimum Gasteiger partial charge on any atom is -0.497 e. The van der Waals surface area contributed by atoms with Crippen molar-refractivity contribution in [3.05, 3.63) is 69.8 Å². The van der Waals surface area contributed by atoms with Crippen LogP contribution in [0.25, 0.3) is 0 Å². The van der Waals surface area contributed by atoms with Crippen LogP contribution in [0.2, 0.25) is 0 Å². The van der Waals surface area contributed by atoms with Crippen LogP contribution in [-0.4, -0.2) is 90.3 Å². The van der Waals surface area contributed by atoms with Crippen molar-refractivity contribution in [2.75, 3.05) is 53.0 Å². The molecule has 1 saturated heterocycles. The molecule has 0 N–H and O–H groups in total. The number of hydrazone groups is 1. The predicted molar refractivity (Wildman–Crippen MR) is 136 cm³/mol. The molecule has 0 aromatic heterocycles. The molecule has 1 fully saturated rings. The summed E-state index contributed by atoms with van der Waals surface area (Å²) in [4.78, 5) is 40.2. The lowest BCUT2D eigenvalue weighted by Crippen LogP contribution is -2.45. The van der Waals surface area contributed by atoms with Crippen molar-refractivity contribution in [1.82, 2.24) is 14.8 Å². The summed E-state index contributed by atoms with van der Waals surface area (Å²) in [5.41, 5.74) is 2.21. The maximum atomic E-state index is 13.5. The first-order valence-electron chi connectivity index (χ1n) is 12.2. The van der Waals surface area contributed by atoms with Crippen LogP contribution in [0.3, 0.4) is 0 Å². The molecule has 2 heterocycles. The zero-order valence-electron chi connectivity index (χ0n) is 21.0. The Morgan fingerprint density at radius 2 is 1.81 bits per heavy atom. The predicted octanol–water partition coefficient (Wildman–Crippen LogP) is 2.46. The Labute approximate surface area is 215 Å². The Kier molecular flexibility index (Phi) is 8.47. The third-order valence-electron chi connectivity index (χ3n) is 6.64. The van der Waals surface area contributed by atoms with E-state index in [2.05, 4.69) is 10.0 Å². The van der Waals surface area contributed by atoms with Crippen LogP contribution in [0.5, 0.6) is 5.75 Å². The first kappa shape index (κ1) is 26.2. The molecule has 4 rings (SSSR count). The van der Waals surface area contributed by atoms with E-state index in [-0.39, 0.29) is 30.1 Å². The second kappa shape index (κ2) is 11.9. The van der Waals surface area contributed by atoms with Gasteiger partial charge in [-0.05, 0) is 35.4 Å². The van der Waals surface area contributed by atoms with E-state index in [1.807, 2.05) is 24.3 Å². The van der Waals surface area contributed by atoms with Crippen LogP contribution in [0.4, 0.5) is 5.69 Å². The Balaban J connectivity index is 1.54. The van der Waals surface area contributed by atoms with E-state index < -0.39 is 4.92 Å². The Morgan fingerprint density at radius 1 is 1.14 bits per heavy atom. The largest absolute Gasteiger partial charge is 0.497 e. The molecule has 2 amide bonds. The number of non-ortho nitro benzene ring substituents is 1. The topological polar surface area (TPSA) is 118 Å². The Bertz CT molecular complexity index is 1150. The van der Waals surface area contributed by atoms with Gasteiger partial charge in [0, 0.05) is 51.7 Å². The lowest BCUT2D eigenvalue weighted by molar-refractivity contribution is -0.384. The van der Waals surface area contributed by atoms with Crippen molar-refractivity contribution in [3.8, 4) is 5.75 Å². The summed E-state index contributed by atoms with van der Waals surface area (Å²) >= 11 is 0. The molecule has 0 spiro atoms. The first-order valence-corrected chi connectivity index (χ1v) is 12.2. The van der Waals surface area contributed by atoms with Gasteiger partial charge in [0.2, 0.25) is 5.91 Å². The number of carbonyl (C=O) groups excluding carboxylic acids is 2. The number of hydrogen-bond acceptors (Lipinski definition) is 8. The molecule has 0 bridgehead atoms. The average Bonchev–Trinajstić information content (AvgIpc) is 3.37. The summed E-state index contributed by atoms with van der Waals surface area (Å²) in [6, 6.07) is 13.2. The summed E-state index contributed by atoms with van der Waals surface area (Å²) in [6.07, 6.45) is 0.434. The highest BCUT2D eigenvalue weighted by Gasteiger charge is 2.34. The molecule has 196 valence electrons. The summed E-state index contributed by atoms with van der Waals surface area (Å²) in [6.45, 7) is 5.39. The van der Waals surface area contributed by atoms with E-state index in [1.54, 1.807) is 24.1 Å². The van der Waals surface area contributed by atoms with Gasteiger partial charge < -0.3 is 14.4 Å². The number of carbonyl (C=O) groups is 2. The average molecular weight is 510 g/mol.